The number of nitrogens with one attached hydrogen (secondary N) is 1. The molecule has 0 aliphatic carbocycles. The molecule has 0 spiro atoms. The minimum atomic E-state index is 0.187. The highest BCUT2D eigenvalue weighted by Crippen LogP contribution is 2.25. The Kier molecular flexibility index (Phi) is 3.62. The van der Waals surface area contributed by atoms with Crippen LogP contribution in [0.3, 0.4) is 0 Å². The first-order valence-electron chi connectivity index (χ1n) is 5.94. The normalized spacial score (nSPS) is 18.9. The van der Waals surface area contributed by atoms with Crippen LogP contribution in [0, 0.1) is 0 Å². The lowest BCUT2D eigenvalue weighted by atomic mass is 9.98. The second-order valence-electron chi connectivity index (χ2n) is 5.42. The maximum absolute atomic E-state index is 4.73. The van der Waals surface area contributed by atoms with Crippen LogP contribution < -0.4 is 5.32 Å². The fourth-order valence-corrected chi connectivity index (χ4v) is 2.72. The van der Waals surface area contributed by atoms with Crippen molar-refractivity contribution in [3.05, 3.63) is 16.1 Å². The van der Waals surface area contributed by atoms with E-state index in [1.807, 2.05) is 0 Å². The maximum Gasteiger partial charge on any atom is 0.0982 e. The molecule has 2 heterocycles. The summed E-state index contributed by atoms with van der Waals surface area (Å²) < 4.78 is 0. The Labute approximate surface area is 102 Å². The molecule has 1 aromatic rings. The molecular weight excluding hydrogens is 218 g/mol. The molecule has 2 rings (SSSR count). The van der Waals surface area contributed by atoms with Crippen LogP contribution in [0.15, 0.2) is 5.38 Å². The van der Waals surface area contributed by atoms with Crippen LogP contribution in [0.5, 0.6) is 0 Å². The van der Waals surface area contributed by atoms with E-state index in [-0.39, 0.29) is 5.41 Å². The van der Waals surface area contributed by atoms with E-state index in [1.54, 1.807) is 11.3 Å². The van der Waals surface area contributed by atoms with Crippen LogP contribution >= 0.6 is 11.3 Å². The van der Waals surface area contributed by atoms with E-state index in [9.17, 15) is 0 Å². The van der Waals surface area contributed by atoms with E-state index in [1.165, 1.54) is 10.7 Å². The number of hydrogen-bond acceptors (Lipinski definition) is 4. The van der Waals surface area contributed by atoms with Gasteiger partial charge in [-0.3, -0.25) is 4.90 Å². The summed E-state index contributed by atoms with van der Waals surface area (Å²) in [7, 11) is 0. The Morgan fingerprint density at radius 1 is 1.38 bits per heavy atom. The summed E-state index contributed by atoms with van der Waals surface area (Å²) in [5.74, 6) is 0. The van der Waals surface area contributed by atoms with Gasteiger partial charge in [0.1, 0.15) is 0 Å². The monoisotopic (exact) mass is 239 g/mol. The van der Waals surface area contributed by atoms with Crippen LogP contribution in [0.1, 0.15) is 31.5 Å². The van der Waals surface area contributed by atoms with E-state index in [0.717, 1.165) is 32.7 Å². The van der Waals surface area contributed by atoms with E-state index < -0.39 is 0 Å². The van der Waals surface area contributed by atoms with E-state index in [4.69, 9.17) is 4.98 Å². The SMILES string of the molecule is CC(C)(C)c1nc(CN2CCNCC2)cs1. The van der Waals surface area contributed by atoms with Gasteiger partial charge in [-0.1, -0.05) is 20.8 Å². The van der Waals surface area contributed by atoms with Crippen molar-refractivity contribution >= 4 is 11.3 Å². The first-order chi connectivity index (χ1) is 7.55. The average Bonchev–Trinajstić information content (AvgIpc) is 2.67. The maximum atomic E-state index is 4.73. The molecule has 1 saturated heterocycles. The van der Waals surface area contributed by atoms with Crippen molar-refractivity contribution < 1.29 is 0 Å². The molecule has 1 fully saturated rings. The molecule has 3 nitrogen and oxygen atoms in total. The molecule has 1 aliphatic heterocycles. The van der Waals surface area contributed by atoms with Crippen molar-refractivity contribution in [1.29, 1.82) is 0 Å². The Hall–Kier alpha value is -0.450. The smallest absolute Gasteiger partial charge is 0.0982 e. The van der Waals surface area contributed by atoms with Gasteiger partial charge in [-0.15, -0.1) is 11.3 Å². The molecule has 1 aliphatic rings. The van der Waals surface area contributed by atoms with Crippen molar-refractivity contribution in [2.24, 2.45) is 0 Å². The van der Waals surface area contributed by atoms with Gasteiger partial charge in [0.2, 0.25) is 0 Å². The zero-order valence-electron chi connectivity index (χ0n) is 10.4. The largest absolute Gasteiger partial charge is 0.314 e. The zero-order valence-corrected chi connectivity index (χ0v) is 11.2. The molecule has 1 N–H and O–H groups in total. The van der Waals surface area contributed by atoms with Gasteiger partial charge in [-0.25, -0.2) is 4.98 Å². The third-order valence-electron chi connectivity index (χ3n) is 2.79. The predicted molar refractivity (Wildman–Crippen MR) is 69.0 cm³/mol. The van der Waals surface area contributed by atoms with Gasteiger partial charge < -0.3 is 5.32 Å². The van der Waals surface area contributed by atoms with Gasteiger partial charge >= 0.3 is 0 Å². The Bertz CT molecular complexity index is 334. The zero-order chi connectivity index (χ0) is 11.6. The van der Waals surface area contributed by atoms with Gasteiger partial charge in [-0.05, 0) is 0 Å². The fourth-order valence-electron chi connectivity index (χ4n) is 1.82. The summed E-state index contributed by atoms with van der Waals surface area (Å²) in [5, 5.41) is 6.83. The molecule has 16 heavy (non-hydrogen) atoms. The van der Waals surface area contributed by atoms with E-state index in [0.29, 0.717) is 0 Å². The van der Waals surface area contributed by atoms with Crippen LogP contribution in [-0.2, 0) is 12.0 Å². The van der Waals surface area contributed by atoms with Crippen LogP contribution in [0.2, 0.25) is 0 Å². The van der Waals surface area contributed by atoms with Crippen LogP contribution in [0.25, 0.3) is 0 Å². The molecule has 4 heteroatoms. The fraction of sp³-hybridized carbons (Fsp3) is 0.750. The molecule has 0 amide bonds. The lowest BCUT2D eigenvalue weighted by Gasteiger charge is -2.26. The van der Waals surface area contributed by atoms with Crippen LogP contribution in [-0.4, -0.2) is 36.1 Å². The topological polar surface area (TPSA) is 28.2 Å². The molecule has 0 saturated carbocycles. The van der Waals surface area contributed by atoms with Crippen LogP contribution in [0.4, 0.5) is 0 Å². The third kappa shape index (κ3) is 3.03. The van der Waals surface area contributed by atoms with Crippen molar-refractivity contribution in [3.63, 3.8) is 0 Å². The van der Waals surface area contributed by atoms with Crippen molar-refractivity contribution in [2.45, 2.75) is 32.7 Å². The number of aromatic nitrogens is 1. The molecule has 0 aromatic carbocycles. The molecule has 0 bridgehead atoms. The molecule has 0 unspecified atom stereocenters. The second-order valence-corrected chi connectivity index (χ2v) is 6.28. The quantitative estimate of drug-likeness (QED) is 0.853. The first-order valence-corrected chi connectivity index (χ1v) is 6.81. The highest BCUT2D eigenvalue weighted by Gasteiger charge is 2.19. The van der Waals surface area contributed by atoms with Crippen molar-refractivity contribution in [1.82, 2.24) is 15.2 Å². The molecule has 1 aromatic heterocycles. The molecular formula is C12H21N3S. The lowest BCUT2D eigenvalue weighted by Crippen LogP contribution is -2.42. The first kappa shape index (κ1) is 12.0. The minimum absolute atomic E-state index is 0.187. The number of rotatable bonds is 2. The van der Waals surface area contributed by atoms with Gasteiger partial charge in [0.15, 0.2) is 0 Å². The van der Waals surface area contributed by atoms with Gasteiger partial charge in [-0.2, -0.15) is 0 Å². The summed E-state index contributed by atoms with van der Waals surface area (Å²) in [5.41, 5.74) is 1.42. The standard InChI is InChI=1S/C12H21N3S/c1-12(2,3)11-14-10(9-16-11)8-15-6-4-13-5-7-15/h9,13H,4-8H2,1-3H3. The van der Waals surface area contributed by atoms with Gasteiger partial charge in [0.25, 0.3) is 0 Å². The summed E-state index contributed by atoms with van der Waals surface area (Å²) >= 11 is 1.79. The van der Waals surface area contributed by atoms with Crippen molar-refractivity contribution in [3.8, 4) is 0 Å². The van der Waals surface area contributed by atoms with Crippen molar-refractivity contribution in [2.75, 3.05) is 26.2 Å². The van der Waals surface area contributed by atoms with Gasteiger partial charge in [0.05, 0.1) is 10.7 Å². The van der Waals surface area contributed by atoms with Gasteiger partial charge in [0, 0.05) is 43.5 Å². The van der Waals surface area contributed by atoms with E-state index >= 15 is 0 Å². The summed E-state index contributed by atoms with van der Waals surface area (Å²) in [6.45, 7) is 12.2. The Morgan fingerprint density at radius 2 is 2.06 bits per heavy atom. The Balaban J connectivity index is 1.97. The summed E-state index contributed by atoms with van der Waals surface area (Å²) in [6, 6.07) is 0. The molecule has 90 valence electrons. The predicted octanol–water partition coefficient (Wildman–Crippen LogP) is 1.85. The summed E-state index contributed by atoms with van der Waals surface area (Å²) in [6.07, 6.45) is 0. The number of hydrogen-bond donors (Lipinski definition) is 1. The number of piperazine rings is 1. The highest BCUT2D eigenvalue weighted by molar-refractivity contribution is 7.09. The molecule has 0 radical (unpaired) electrons. The second kappa shape index (κ2) is 4.82. The highest BCUT2D eigenvalue weighted by atomic mass is 32.1. The average molecular weight is 239 g/mol. The molecule has 0 atom stereocenters. The lowest BCUT2D eigenvalue weighted by molar-refractivity contribution is 0.231. The third-order valence-corrected chi connectivity index (χ3v) is 4.11. The minimum Gasteiger partial charge on any atom is -0.314 e. The number of nitrogens with zero attached hydrogens (tertiary/aromatic N) is 2. The van der Waals surface area contributed by atoms with E-state index in [2.05, 4.69) is 36.4 Å². The Morgan fingerprint density at radius 3 is 2.62 bits per heavy atom. The number of thiazole rings is 1. The summed E-state index contributed by atoms with van der Waals surface area (Å²) in [4.78, 5) is 7.20.